The fourth-order valence-corrected chi connectivity index (χ4v) is 3.62. The van der Waals surface area contributed by atoms with Gasteiger partial charge in [0.25, 0.3) is 0 Å². The van der Waals surface area contributed by atoms with Gasteiger partial charge >= 0.3 is 0 Å². The molecule has 0 saturated carbocycles. The maximum atomic E-state index is 5.94. The van der Waals surface area contributed by atoms with Crippen molar-refractivity contribution in [3.8, 4) is 17.2 Å². The van der Waals surface area contributed by atoms with E-state index in [1.165, 1.54) is 0 Å². The SMILES string of the molecule is CCOc1ccc(-c2nc(CN3CCCC3c3nonc3C)c(C)o2)cc1. The molecule has 3 aromatic rings. The molecule has 0 radical (unpaired) electrons. The summed E-state index contributed by atoms with van der Waals surface area (Å²) in [6.45, 7) is 8.26. The van der Waals surface area contributed by atoms with Crippen LogP contribution in [0.2, 0.25) is 0 Å². The molecule has 0 N–H and O–H groups in total. The quantitative estimate of drug-likeness (QED) is 0.649. The van der Waals surface area contributed by atoms with Gasteiger partial charge < -0.3 is 9.15 Å². The Bertz CT molecular complexity index is 900. The molecule has 7 nitrogen and oxygen atoms in total. The molecule has 0 amide bonds. The molecule has 1 atom stereocenters. The van der Waals surface area contributed by atoms with Crippen molar-refractivity contribution in [2.75, 3.05) is 13.2 Å². The van der Waals surface area contributed by atoms with Gasteiger partial charge in [-0.15, -0.1) is 0 Å². The molecule has 1 aliphatic heterocycles. The largest absolute Gasteiger partial charge is 0.494 e. The van der Waals surface area contributed by atoms with E-state index in [1.807, 2.05) is 45.0 Å². The summed E-state index contributed by atoms with van der Waals surface area (Å²) in [4.78, 5) is 7.12. The third-order valence-electron chi connectivity index (χ3n) is 5.02. The van der Waals surface area contributed by atoms with Crippen molar-refractivity contribution >= 4 is 0 Å². The lowest BCUT2D eigenvalue weighted by molar-refractivity contribution is 0.228. The van der Waals surface area contributed by atoms with Crippen molar-refractivity contribution in [1.82, 2.24) is 20.2 Å². The molecular weight excluding hydrogens is 344 g/mol. The lowest BCUT2D eigenvalue weighted by Crippen LogP contribution is -2.24. The Balaban J connectivity index is 1.52. The molecule has 27 heavy (non-hydrogen) atoms. The molecule has 1 saturated heterocycles. The number of hydrogen-bond donors (Lipinski definition) is 0. The maximum Gasteiger partial charge on any atom is 0.226 e. The van der Waals surface area contributed by atoms with E-state index >= 15 is 0 Å². The van der Waals surface area contributed by atoms with Crippen molar-refractivity contribution in [1.29, 1.82) is 0 Å². The Morgan fingerprint density at radius 1 is 1.19 bits per heavy atom. The van der Waals surface area contributed by atoms with Gasteiger partial charge in [0.05, 0.1) is 18.3 Å². The molecule has 4 rings (SSSR count). The van der Waals surface area contributed by atoms with Crippen molar-refractivity contribution in [3.05, 3.63) is 47.1 Å². The summed E-state index contributed by atoms with van der Waals surface area (Å²) in [5.41, 5.74) is 3.70. The van der Waals surface area contributed by atoms with E-state index < -0.39 is 0 Å². The predicted octanol–water partition coefficient (Wildman–Crippen LogP) is 4.08. The van der Waals surface area contributed by atoms with E-state index in [2.05, 4.69) is 15.2 Å². The van der Waals surface area contributed by atoms with Gasteiger partial charge in [-0.05, 0) is 64.4 Å². The fourth-order valence-electron chi connectivity index (χ4n) is 3.62. The lowest BCUT2D eigenvalue weighted by atomic mass is 10.1. The molecule has 0 aliphatic carbocycles. The second-order valence-corrected chi connectivity index (χ2v) is 6.84. The molecule has 2 aromatic heterocycles. The van der Waals surface area contributed by atoms with Crippen LogP contribution in [0.5, 0.6) is 5.75 Å². The number of hydrogen-bond acceptors (Lipinski definition) is 7. The summed E-state index contributed by atoms with van der Waals surface area (Å²) in [5, 5.41) is 8.03. The Labute approximate surface area is 158 Å². The molecular formula is C20H24N4O3. The van der Waals surface area contributed by atoms with Crippen LogP contribution < -0.4 is 4.74 Å². The van der Waals surface area contributed by atoms with Crippen LogP contribution >= 0.6 is 0 Å². The van der Waals surface area contributed by atoms with E-state index in [1.54, 1.807) is 0 Å². The number of aryl methyl sites for hydroxylation is 2. The standard InChI is InChI=1S/C20H24N4O3/c1-4-25-16-9-7-15(8-10-16)20-21-17(14(3)26-20)12-24-11-5-6-18(24)19-13(2)22-27-23-19/h7-10,18H,4-6,11-12H2,1-3H3. The first-order valence-corrected chi connectivity index (χ1v) is 9.38. The van der Waals surface area contributed by atoms with E-state index in [0.29, 0.717) is 12.5 Å². The van der Waals surface area contributed by atoms with Gasteiger partial charge in [-0.1, -0.05) is 10.3 Å². The summed E-state index contributed by atoms with van der Waals surface area (Å²) in [6.07, 6.45) is 2.18. The van der Waals surface area contributed by atoms with E-state index in [9.17, 15) is 0 Å². The number of nitrogens with zero attached hydrogens (tertiary/aromatic N) is 4. The van der Waals surface area contributed by atoms with Crippen LogP contribution in [-0.4, -0.2) is 33.3 Å². The van der Waals surface area contributed by atoms with Crippen LogP contribution in [0.3, 0.4) is 0 Å². The molecule has 142 valence electrons. The molecule has 0 bridgehead atoms. The normalized spacial score (nSPS) is 17.5. The first kappa shape index (κ1) is 17.7. The summed E-state index contributed by atoms with van der Waals surface area (Å²) in [6, 6.07) is 8.05. The van der Waals surface area contributed by atoms with Gasteiger partial charge in [0.15, 0.2) is 0 Å². The molecule has 0 spiro atoms. The monoisotopic (exact) mass is 368 g/mol. The average Bonchev–Trinajstić information content (AvgIpc) is 3.37. The van der Waals surface area contributed by atoms with Crippen LogP contribution in [0.15, 0.2) is 33.3 Å². The highest BCUT2D eigenvalue weighted by Gasteiger charge is 2.31. The molecule has 7 heteroatoms. The minimum absolute atomic E-state index is 0.223. The highest BCUT2D eigenvalue weighted by Crippen LogP contribution is 2.34. The van der Waals surface area contributed by atoms with Crippen molar-refractivity contribution < 1.29 is 13.8 Å². The minimum atomic E-state index is 0.223. The fraction of sp³-hybridized carbons (Fsp3) is 0.450. The van der Waals surface area contributed by atoms with Crippen LogP contribution in [0, 0.1) is 13.8 Å². The predicted molar refractivity (Wildman–Crippen MR) is 99.3 cm³/mol. The molecule has 1 aliphatic rings. The van der Waals surface area contributed by atoms with Crippen LogP contribution in [0.1, 0.15) is 48.6 Å². The summed E-state index contributed by atoms with van der Waals surface area (Å²) in [5.74, 6) is 2.33. The highest BCUT2D eigenvalue weighted by molar-refractivity contribution is 5.55. The third kappa shape index (κ3) is 3.60. The molecule has 1 aromatic carbocycles. The zero-order valence-corrected chi connectivity index (χ0v) is 15.9. The minimum Gasteiger partial charge on any atom is -0.494 e. The first-order chi connectivity index (χ1) is 13.2. The number of aromatic nitrogens is 3. The zero-order chi connectivity index (χ0) is 18.8. The van der Waals surface area contributed by atoms with Crippen LogP contribution in [-0.2, 0) is 6.54 Å². The smallest absolute Gasteiger partial charge is 0.226 e. The average molecular weight is 368 g/mol. The number of oxazole rings is 1. The Morgan fingerprint density at radius 3 is 2.70 bits per heavy atom. The van der Waals surface area contributed by atoms with Gasteiger partial charge in [-0.25, -0.2) is 9.61 Å². The van der Waals surface area contributed by atoms with Gasteiger partial charge in [-0.3, -0.25) is 4.90 Å². The summed E-state index contributed by atoms with van der Waals surface area (Å²) >= 11 is 0. The van der Waals surface area contributed by atoms with E-state index in [4.69, 9.17) is 18.8 Å². The third-order valence-corrected chi connectivity index (χ3v) is 5.02. The lowest BCUT2D eigenvalue weighted by Gasteiger charge is -2.21. The summed E-state index contributed by atoms with van der Waals surface area (Å²) in [7, 11) is 0. The highest BCUT2D eigenvalue weighted by atomic mass is 16.6. The Morgan fingerprint density at radius 2 is 2.00 bits per heavy atom. The van der Waals surface area contributed by atoms with Crippen LogP contribution in [0.4, 0.5) is 0 Å². The maximum absolute atomic E-state index is 5.94. The number of likely N-dealkylation sites (tertiary alicyclic amines) is 1. The van der Waals surface area contributed by atoms with Gasteiger partial charge in [0.2, 0.25) is 5.89 Å². The topological polar surface area (TPSA) is 77.4 Å². The van der Waals surface area contributed by atoms with Gasteiger partial charge in [0.1, 0.15) is 22.9 Å². The van der Waals surface area contributed by atoms with Crippen molar-refractivity contribution in [3.63, 3.8) is 0 Å². The van der Waals surface area contributed by atoms with Crippen molar-refractivity contribution in [2.24, 2.45) is 0 Å². The van der Waals surface area contributed by atoms with Gasteiger partial charge in [0, 0.05) is 12.1 Å². The molecule has 3 heterocycles. The van der Waals surface area contributed by atoms with Crippen molar-refractivity contribution in [2.45, 2.75) is 46.2 Å². The van der Waals surface area contributed by atoms with E-state index in [-0.39, 0.29) is 6.04 Å². The molecule has 1 fully saturated rings. The summed E-state index contributed by atoms with van der Waals surface area (Å²) < 4.78 is 16.3. The number of rotatable bonds is 6. The Kier molecular flexibility index (Phi) is 4.94. The second-order valence-electron chi connectivity index (χ2n) is 6.84. The number of ether oxygens (including phenoxy) is 1. The second kappa shape index (κ2) is 7.52. The van der Waals surface area contributed by atoms with E-state index in [0.717, 1.165) is 60.1 Å². The molecule has 1 unspecified atom stereocenters. The zero-order valence-electron chi connectivity index (χ0n) is 15.9. The van der Waals surface area contributed by atoms with Crippen LogP contribution in [0.25, 0.3) is 11.5 Å². The first-order valence-electron chi connectivity index (χ1n) is 9.38. The van der Waals surface area contributed by atoms with Gasteiger partial charge in [-0.2, -0.15) is 0 Å². The number of benzene rings is 1. The Hall–Kier alpha value is -2.67.